The third kappa shape index (κ3) is 7.19. The lowest BCUT2D eigenvalue weighted by Gasteiger charge is -2.34. The first-order chi connectivity index (χ1) is 11.8. The van der Waals surface area contributed by atoms with Gasteiger partial charge in [-0.2, -0.15) is 11.8 Å². The molecule has 1 N–H and O–H groups in total. The van der Waals surface area contributed by atoms with E-state index in [1.807, 2.05) is 0 Å². The van der Waals surface area contributed by atoms with E-state index in [0.29, 0.717) is 5.92 Å². The van der Waals surface area contributed by atoms with Gasteiger partial charge in [-0.05, 0) is 38.5 Å². The fourth-order valence-corrected chi connectivity index (χ4v) is 4.28. The molecule has 5 nitrogen and oxygen atoms in total. The van der Waals surface area contributed by atoms with Crippen molar-refractivity contribution in [1.29, 1.82) is 0 Å². The van der Waals surface area contributed by atoms with E-state index in [1.54, 1.807) is 0 Å². The van der Waals surface area contributed by atoms with Crippen molar-refractivity contribution in [3.63, 3.8) is 0 Å². The first-order valence-corrected chi connectivity index (χ1v) is 10.7. The van der Waals surface area contributed by atoms with E-state index in [-0.39, 0.29) is 0 Å². The Balaban J connectivity index is 1.64. The lowest BCUT2D eigenvalue weighted by Crippen LogP contribution is -2.48. The molecule has 140 valence electrons. The summed E-state index contributed by atoms with van der Waals surface area (Å²) in [4.78, 5) is 7.24. The van der Waals surface area contributed by atoms with Gasteiger partial charge in [0, 0.05) is 63.6 Å². The predicted molar refractivity (Wildman–Crippen MR) is 103 cm³/mol. The maximum atomic E-state index is 5.83. The molecule has 1 atom stereocenters. The summed E-state index contributed by atoms with van der Waals surface area (Å²) >= 11 is 2.10. The van der Waals surface area contributed by atoms with Gasteiger partial charge in [0.2, 0.25) is 0 Å². The number of aliphatic imine (C=N–C) groups is 1. The number of rotatable bonds is 8. The molecule has 0 aliphatic carbocycles. The molecule has 0 bridgehead atoms. The van der Waals surface area contributed by atoms with E-state index in [0.717, 1.165) is 83.1 Å². The van der Waals surface area contributed by atoms with E-state index >= 15 is 0 Å². The zero-order chi connectivity index (χ0) is 17.0. The van der Waals surface area contributed by atoms with Gasteiger partial charge in [-0.3, -0.25) is 4.99 Å². The van der Waals surface area contributed by atoms with Crippen LogP contribution in [0.5, 0.6) is 0 Å². The third-order valence-corrected chi connectivity index (χ3v) is 6.00. The molecular weight excluding hydrogens is 322 g/mol. The summed E-state index contributed by atoms with van der Waals surface area (Å²) < 4.78 is 11.2. The van der Waals surface area contributed by atoms with Crippen LogP contribution in [-0.4, -0.2) is 74.5 Å². The second kappa shape index (κ2) is 12.0. The molecule has 2 heterocycles. The van der Waals surface area contributed by atoms with Gasteiger partial charge < -0.3 is 19.7 Å². The molecule has 0 aromatic heterocycles. The molecule has 1 unspecified atom stereocenters. The number of nitrogens with one attached hydrogen (secondary N) is 1. The molecule has 2 rings (SSSR count). The highest BCUT2D eigenvalue weighted by Gasteiger charge is 2.21. The van der Waals surface area contributed by atoms with Gasteiger partial charge >= 0.3 is 0 Å². The highest BCUT2D eigenvalue weighted by molar-refractivity contribution is 8.00. The maximum absolute atomic E-state index is 5.83. The molecule has 0 aromatic carbocycles. The minimum atomic E-state index is 0.691. The number of hydrogen-bond donors (Lipinski definition) is 1. The Bertz CT molecular complexity index is 362. The van der Waals surface area contributed by atoms with E-state index in [1.165, 1.54) is 12.2 Å². The molecule has 6 heteroatoms. The van der Waals surface area contributed by atoms with Crippen LogP contribution in [0.4, 0.5) is 0 Å². The van der Waals surface area contributed by atoms with Crippen LogP contribution in [0.25, 0.3) is 0 Å². The summed E-state index contributed by atoms with van der Waals surface area (Å²) in [5.41, 5.74) is 0. The molecule has 24 heavy (non-hydrogen) atoms. The lowest BCUT2D eigenvalue weighted by atomic mass is 10.0. The van der Waals surface area contributed by atoms with Crippen LogP contribution in [0.3, 0.4) is 0 Å². The number of guanidine groups is 1. The lowest BCUT2D eigenvalue weighted by molar-refractivity contribution is 0.0205. The standard InChI is InChI=1S/C18H35N3O2S/c1-3-17-14-21(9-13-24-17)18(19-4-2)20-8-5-10-23-15-16-6-11-22-12-7-16/h16-17H,3-15H2,1-2H3,(H,19,20). The molecule has 0 radical (unpaired) electrons. The van der Waals surface area contributed by atoms with Crippen molar-refractivity contribution in [1.82, 2.24) is 10.2 Å². The summed E-state index contributed by atoms with van der Waals surface area (Å²) in [6.45, 7) is 11.9. The van der Waals surface area contributed by atoms with Crippen LogP contribution in [0.2, 0.25) is 0 Å². The molecule has 0 saturated carbocycles. The van der Waals surface area contributed by atoms with Gasteiger partial charge in [0.1, 0.15) is 0 Å². The number of thioether (sulfide) groups is 1. The average molecular weight is 358 g/mol. The number of ether oxygens (including phenoxy) is 2. The topological polar surface area (TPSA) is 46.1 Å². The normalized spacial score (nSPS) is 23.5. The second-order valence-corrected chi connectivity index (χ2v) is 7.98. The summed E-state index contributed by atoms with van der Waals surface area (Å²) in [5, 5.41) is 4.19. The Morgan fingerprint density at radius 3 is 2.92 bits per heavy atom. The van der Waals surface area contributed by atoms with Crippen molar-refractivity contribution >= 4 is 17.7 Å². The zero-order valence-corrected chi connectivity index (χ0v) is 16.3. The summed E-state index contributed by atoms with van der Waals surface area (Å²) in [7, 11) is 0. The highest BCUT2D eigenvalue weighted by Crippen LogP contribution is 2.21. The van der Waals surface area contributed by atoms with Crippen molar-refractivity contribution in [2.75, 3.05) is 58.4 Å². The Labute approximate surface area is 151 Å². The molecular formula is C18H35N3O2S. The summed E-state index contributed by atoms with van der Waals surface area (Å²) in [5.74, 6) is 2.98. The molecule has 0 spiro atoms. The second-order valence-electron chi connectivity index (χ2n) is 6.57. The Hall–Kier alpha value is -0.460. The van der Waals surface area contributed by atoms with Crippen molar-refractivity contribution in [3.8, 4) is 0 Å². The minimum absolute atomic E-state index is 0.691. The van der Waals surface area contributed by atoms with Crippen LogP contribution >= 0.6 is 11.8 Å². The number of nitrogens with zero attached hydrogens (tertiary/aromatic N) is 2. The van der Waals surface area contributed by atoms with Crippen molar-refractivity contribution in [3.05, 3.63) is 0 Å². The van der Waals surface area contributed by atoms with Gasteiger partial charge in [-0.25, -0.2) is 0 Å². The molecule has 0 aromatic rings. The van der Waals surface area contributed by atoms with E-state index < -0.39 is 0 Å². The molecule has 2 aliphatic heterocycles. The summed E-state index contributed by atoms with van der Waals surface area (Å²) in [6.07, 6.45) is 4.53. The average Bonchev–Trinajstić information content (AvgIpc) is 2.64. The largest absolute Gasteiger partial charge is 0.381 e. The Morgan fingerprint density at radius 1 is 1.33 bits per heavy atom. The van der Waals surface area contributed by atoms with Crippen LogP contribution in [0.1, 0.15) is 39.5 Å². The van der Waals surface area contributed by atoms with Crippen molar-refractivity contribution < 1.29 is 9.47 Å². The van der Waals surface area contributed by atoms with Gasteiger partial charge in [-0.15, -0.1) is 0 Å². The molecule has 2 fully saturated rings. The molecule has 2 saturated heterocycles. The van der Waals surface area contributed by atoms with Crippen LogP contribution in [-0.2, 0) is 9.47 Å². The van der Waals surface area contributed by atoms with Gasteiger partial charge in [-0.1, -0.05) is 6.92 Å². The van der Waals surface area contributed by atoms with E-state index in [2.05, 4.69) is 35.8 Å². The van der Waals surface area contributed by atoms with E-state index in [4.69, 9.17) is 14.5 Å². The SMILES string of the molecule is CCNC(=NCCCOCC1CCOCC1)N1CCSC(CC)C1. The Kier molecular flexibility index (Phi) is 9.92. The van der Waals surface area contributed by atoms with Gasteiger partial charge in [0.05, 0.1) is 0 Å². The maximum Gasteiger partial charge on any atom is 0.193 e. The van der Waals surface area contributed by atoms with Gasteiger partial charge in [0.25, 0.3) is 0 Å². The van der Waals surface area contributed by atoms with E-state index in [9.17, 15) is 0 Å². The monoisotopic (exact) mass is 357 g/mol. The third-order valence-electron chi connectivity index (χ3n) is 4.63. The first kappa shape index (κ1) is 19.9. The Morgan fingerprint density at radius 2 is 2.17 bits per heavy atom. The predicted octanol–water partition coefficient (Wildman–Crippen LogP) is 2.61. The fraction of sp³-hybridized carbons (Fsp3) is 0.944. The first-order valence-electron chi connectivity index (χ1n) is 9.63. The van der Waals surface area contributed by atoms with Crippen molar-refractivity contribution in [2.24, 2.45) is 10.9 Å². The van der Waals surface area contributed by atoms with Crippen molar-refractivity contribution in [2.45, 2.75) is 44.8 Å². The summed E-state index contributed by atoms with van der Waals surface area (Å²) in [6, 6.07) is 0. The van der Waals surface area contributed by atoms with Gasteiger partial charge in [0.15, 0.2) is 5.96 Å². The minimum Gasteiger partial charge on any atom is -0.381 e. The molecule has 2 aliphatic rings. The smallest absolute Gasteiger partial charge is 0.193 e. The quantitative estimate of drug-likeness (QED) is 0.411. The van der Waals surface area contributed by atoms with Crippen LogP contribution in [0, 0.1) is 5.92 Å². The highest BCUT2D eigenvalue weighted by atomic mass is 32.2. The zero-order valence-electron chi connectivity index (χ0n) is 15.5. The number of hydrogen-bond acceptors (Lipinski definition) is 4. The van der Waals surface area contributed by atoms with Crippen LogP contribution < -0.4 is 5.32 Å². The van der Waals surface area contributed by atoms with Crippen LogP contribution in [0.15, 0.2) is 4.99 Å². The fourth-order valence-electron chi connectivity index (χ4n) is 3.10. The molecule has 0 amide bonds.